The van der Waals surface area contributed by atoms with Gasteiger partial charge in [-0.2, -0.15) is 0 Å². The molecule has 3 aromatic rings. The van der Waals surface area contributed by atoms with Crippen LogP contribution in [0, 0.1) is 0 Å². The Morgan fingerprint density at radius 1 is 1.16 bits per heavy atom. The molecule has 0 bridgehead atoms. The van der Waals surface area contributed by atoms with E-state index in [2.05, 4.69) is 19.9 Å². The van der Waals surface area contributed by atoms with Crippen molar-refractivity contribution in [3.8, 4) is 0 Å². The third-order valence-electron chi connectivity index (χ3n) is 4.69. The van der Waals surface area contributed by atoms with Gasteiger partial charge in [-0.15, -0.1) is 10.2 Å². The zero-order valence-electron chi connectivity index (χ0n) is 16.4. The Kier molecular flexibility index (Phi) is 6.12. The van der Waals surface area contributed by atoms with Gasteiger partial charge < -0.3 is 29.5 Å². The number of benzene rings is 1. The maximum atomic E-state index is 10.9. The third-order valence-corrected chi connectivity index (χ3v) is 5.14. The molecule has 12 heteroatoms. The summed E-state index contributed by atoms with van der Waals surface area (Å²) < 4.78 is 22.8. The molecule has 0 amide bonds. The molecule has 162 valence electrons. The van der Waals surface area contributed by atoms with Crippen LogP contribution >= 0.6 is 7.82 Å². The third kappa shape index (κ3) is 5.54. The zero-order valence-corrected chi connectivity index (χ0v) is 17.2. The Labute approximate surface area is 177 Å². The molecule has 3 heterocycles. The van der Waals surface area contributed by atoms with E-state index >= 15 is 0 Å². The van der Waals surface area contributed by atoms with Gasteiger partial charge in [-0.05, 0) is 17.2 Å². The topological polar surface area (TPSA) is 153 Å². The predicted octanol–water partition coefficient (Wildman–Crippen LogP) is 1.47. The van der Waals surface area contributed by atoms with E-state index in [9.17, 15) is 4.57 Å². The summed E-state index contributed by atoms with van der Waals surface area (Å²) in [5.41, 5.74) is 9.76. The van der Waals surface area contributed by atoms with Crippen LogP contribution in [0.4, 0.5) is 0 Å². The van der Waals surface area contributed by atoms with E-state index in [1.807, 2.05) is 28.8 Å². The first-order valence-electron chi connectivity index (χ1n) is 9.33. The van der Waals surface area contributed by atoms with Gasteiger partial charge in [-0.25, -0.2) is 4.57 Å². The Morgan fingerprint density at radius 2 is 1.87 bits per heavy atom. The summed E-state index contributed by atoms with van der Waals surface area (Å²) in [5.74, 6) is 0.484. The number of phosphoric ester groups is 1. The number of hydrogen-bond acceptors (Lipinski definition) is 8. The Balaban J connectivity index is 1.39. The number of nitrogens with two attached hydrogens (primary N) is 1. The minimum atomic E-state index is -4.60. The molecule has 31 heavy (non-hydrogen) atoms. The summed E-state index contributed by atoms with van der Waals surface area (Å²) >= 11 is 0. The van der Waals surface area contributed by atoms with Gasteiger partial charge in [0.05, 0.1) is 5.69 Å². The molecule has 0 saturated carbocycles. The molecule has 0 saturated heterocycles. The van der Waals surface area contributed by atoms with Gasteiger partial charge in [0.15, 0.2) is 5.76 Å². The van der Waals surface area contributed by atoms with E-state index < -0.39 is 14.0 Å². The molecular weight excluding hydrogens is 423 g/mol. The summed E-state index contributed by atoms with van der Waals surface area (Å²) in [5, 5.41) is 11.7. The first-order chi connectivity index (χ1) is 14.9. The molecule has 0 aliphatic carbocycles. The Morgan fingerprint density at radius 3 is 2.58 bits per heavy atom. The van der Waals surface area contributed by atoms with Crippen LogP contribution in [0.1, 0.15) is 22.6 Å². The summed E-state index contributed by atoms with van der Waals surface area (Å²) in [7, 11) is -4.60. The van der Waals surface area contributed by atoms with Crippen LogP contribution in [0.25, 0.3) is 5.57 Å². The number of allylic oxidation sites excluding steroid dienone is 2. The van der Waals surface area contributed by atoms with Crippen molar-refractivity contribution in [2.75, 3.05) is 6.73 Å². The van der Waals surface area contributed by atoms with Crippen LogP contribution in [-0.2, 0) is 22.1 Å². The maximum absolute atomic E-state index is 10.9. The number of rotatable bonds is 8. The number of nitrogens with zero attached hydrogens (tertiary/aromatic N) is 5. The van der Waals surface area contributed by atoms with E-state index in [0.717, 1.165) is 16.8 Å². The number of hydrogen-bond donors (Lipinski definition) is 3. The van der Waals surface area contributed by atoms with Crippen molar-refractivity contribution < 1.29 is 23.4 Å². The minimum Gasteiger partial charge on any atom is -0.356 e. The standard InChI is InChI=1S/C19H21N6O5P/c20-19-17(2-1-7-25(19)13-29-31(26,27)28)18-9-16(23-30-18)8-14-3-5-15(6-4-14)10-24-11-21-22-12-24/h1-7,9,11-12,19H,8,10,13,20H2,(H2,26,27,28). The van der Waals surface area contributed by atoms with Gasteiger partial charge in [-0.1, -0.05) is 35.5 Å². The second-order valence-electron chi connectivity index (χ2n) is 6.98. The van der Waals surface area contributed by atoms with Crippen molar-refractivity contribution in [2.45, 2.75) is 19.1 Å². The van der Waals surface area contributed by atoms with E-state index in [1.54, 1.807) is 37.1 Å². The van der Waals surface area contributed by atoms with Crippen LogP contribution in [0.3, 0.4) is 0 Å². The highest BCUT2D eigenvalue weighted by atomic mass is 31.2. The molecule has 1 aromatic carbocycles. The van der Waals surface area contributed by atoms with Gasteiger partial charge in [0.25, 0.3) is 0 Å². The average molecular weight is 444 g/mol. The van der Waals surface area contributed by atoms with Crippen molar-refractivity contribution in [3.63, 3.8) is 0 Å². The van der Waals surface area contributed by atoms with Crippen LogP contribution in [0.15, 0.2) is 65.9 Å². The van der Waals surface area contributed by atoms with E-state index in [4.69, 9.17) is 20.0 Å². The Hall–Kier alpha value is -3.08. The molecule has 1 atom stereocenters. The molecule has 11 nitrogen and oxygen atoms in total. The molecule has 0 radical (unpaired) electrons. The van der Waals surface area contributed by atoms with E-state index in [0.29, 0.717) is 24.3 Å². The van der Waals surface area contributed by atoms with Crippen LogP contribution in [0.5, 0.6) is 0 Å². The highest BCUT2D eigenvalue weighted by Gasteiger charge is 2.25. The smallest absolute Gasteiger partial charge is 0.356 e. The van der Waals surface area contributed by atoms with Crippen molar-refractivity contribution in [1.29, 1.82) is 0 Å². The van der Waals surface area contributed by atoms with Crippen molar-refractivity contribution in [1.82, 2.24) is 24.8 Å². The lowest BCUT2D eigenvalue weighted by atomic mass is 10.0. The lowest BCUT2D eigenvalue weighted by Gasteiger charge is -2.30. The SMILES string of the molecule is NC1C(c2cc(Cc3ccc(Cn4cnnc4)cc3)no2)=CC=CN1COP(=O)(O)O. The van der Waals surface area contributed by atoms with Gasteiger partial charge in [0.2, 0.25) is 0 Å². The normalized spacial score (nSPS) is 16.5. The lowest BCUT2D eigenvalue weighted by Crippen LogP contribution is -2.41. The summed E-state index contributed by atoms with van der Waals surface area (Å²) in [4.78, 5) is 19.2. The number of aromatic nitrogens is 4. The summed E-state index contributed by atoms with van der Waals surface area (Å²) in [6.07, 6.45) is 8.27. The second kappa shape index (κ2) is 8.96. The molecule has 4 N–H and O–H groups in total. The molecule has 0 fully saturated rings. The quantitative estimate of drug-likeness (QED) is 0.435. The Bertz CT molecular complexity index is 1120. The lowest BCUT2D eigenvalue weighted by molar-refractivity contribution is 0.110. The maximum Gasteiger partial charge on any atom is 0.471 e. The zero-order chi connectivity index (χ0) is 21.8. The fourth-order valence-electron chi connectivity index (χ4n) is 3.14. The van der Waals surface area contributed by atoms with Gasteiger partial charge >= 0.3 is 7.82 Å². The largest absolute Gasteiger partial charge is 0.471 e. The summed E-state index contributed by atoms with van der Waals surface area (Å²) in [6, 6.07) is 9.95. The van der Waals surface area contributed by atoms with Crippen molar-refractivity contribution in [3.05, 3.63) is 83.9 Å². The molecule has 1 unspecified atom stereocenters. The molecule has 1 aliphatic heterocycles. The van der Waals surface area contributed by atoms with Gasteiger partial charge in [-0.3, -0.25) is 4.52 Å². The first kappa shape index (κ1) is 21.2. The molecule has 0 spiro atoms. The molecule has 4 rings (SSSR count). The van der Waals surface area contributed by atoms with Crippen LogP contribution in [0.2, 0.25) is 0 Å². The van der Waals surface area contributed by atoms with Crippen molar-refractivity contribution >= 4 is 13.4 Å². The van der Waals surface area contributed by atoms with Crippen LogP contribution in [-0.4, -0.2) is 47.5 Å². The first-order valence-corrected chi connectivity index (χ1v) is 10.9. The van der Waals surface area contributed by atoms with Crippen LogP contribution < -0.4 is 5.73 Å². The fourth-order valence-corrected chi connectivity index (χ4v) is 3.42. The highest BCUT2D eigenvalue weighted by molar-refractivity contribution is 7.46. The van der Waals surface area contributed by atoms with E-state index in [1.165, 1.54) is 4.90 Å². The summed E-state index contributed by atoms with van der Waals surface area (Å²) in [6.45, 7) is 0.338. The van der Waals surface area contributed by atoms with Gasteiger partial charge in [0.1, 0.15) is 25.6 Å². The molecule has 1 aliphatic rings. The minimum absolute atomic E-state index is 0.359. The predicted molar refractivity (Wildman–Crippen MR) is 110 cm³/mol. The monoisotopic (exact) mass is 444 g/mol. The van der Waals surface area contributed by atoms with Crippen molar-refractivity contribution in [2.24, 2.45) is 5.73 Å². The molecular formula is C19H21N6O5P. The fraction of sp³-hybridized carbons (Fsp3) is 0.211. The van der Waals surface area contributed by atoms with E-state index in [-0.39, 0.29) is 6.73 Å². The second-order valence-corrected chi connectivity index (χ2v) is 8.22. The number of phosphoric acid groups is 1. The van der Waals surface area contributed by atoms with Gasteiger partial charge in [0, 0.05) is 30.8 Å². The average Bonchev–Trinajstić information content (AvgIpc) is 3.40. The molecule has 2 aromatic heterocycles. The highest BCUT2D eigenvalue weighted by Crippen LogP contribution is 2.36.